The first kappa shape index (κ1) is 17.2. The van der Waals surface area contributed by atoms with Crippen LogP contribution in [-0.4, -0.2) is 42.4 Å². The number of carbonyl (C=O) groups excluding carboxylic acids is 1. The Labute approximate surface area is 135 Å². The van der Waals surface area contributed by atoms with Gasteiger partial charge < -0.3 is 5.32 Å². The number of H-pyrrole nitrogens is 1. The zero-order chi connectivity index (χ0) is 17.2. The van der Waals surface area contributed by atoms with Crippen molar-refractivity contribution >= 4 is 21.6 Å². The van der Waals surface area contributed by atoms with Gasteiger partial charge in [0.2, 0.25) is 15.9 Å². The Kier molecular flexibility index (Phi) is 4.86. The van der Waals surface area contributed by atoms with Crippen LogP contribution in [0.15, 0.2) is 29.2 Å². The van der Waals surface area contributed by atoms with Gasteiger partial charge in [0.25, 0.3) is 0 Å². The molecule has 8 heteroatoms. The molecule has 0 saturated carbocycles. The van der Waals surface area contributed by atoms with E-state index in [0.29, 0.717) is 17.1 Å². The maximum absolute atomic E-state index is 12.6. The molecule has 1 amide bonds. The molecule has 0 radical (unpaired) electrons. The van der Waals surface area contributed by atoms with Crippen molar-refractivity contribution in [2.45, 2.75) is 25.7 Å². The lowest BCUT2D eigenvalue weighted by Gasteiger charge is -2.17. The Hall–Kier alpha value is -2.19. The molecule has 0 fully saturated rings. The number of nitrogens with zero attached hydrogens (tertiary/aromatic N) is 2. The van der Waals surface area contributed by atoms with Crippen LogP contribution in [0.5, 0.6) is 0 Å². The highest BCUT2D eigenvalue weighted by atomic mass is 32.2. The van der Waals surface area contributed by atoms with E-state index in [4.69, 9.17) is 0 Å². The van der Waals surface area contributed by atoms with Crippen LogP contribution in [0.3, 0.4) is 0 Å². The van der Waals surface area contributed by atoms with Crippen LogP contribution in [0.2, 0.25) is 0 Å². The van der Waals surface area contributed by atoms with Crippen molar-refractivity contribution in [1.82, 2.24) is 14.5 Å². The van der Waals surface area contributed by atoms with Gasteiger partial charge in [0.1, 0.15) is 4.90 Å². The molecule has 0 atom stereocenters. The van der Waals surface area contributed by atoms with E-state index in [1.807, 2.05) is 25.1 Å². The molecule has 0 bridgehead atoms. The van der Waals surface area contributed by atoms with E-state index in [0.717, 1.165) is 9.87 Å². The Morgan fingerprint density at radius 2 is 2.00 bits per heavy atom. The number of aromatic nitrogens is 2. The molecule has 0 aliphatic heterocycles. The van der Waals surface area contributed by atoms with E-state index in [9.17, 15) is 13.2 Å². The van der Waals surface area contributed by atoms with Crippen molar-refractivity contribution in [3.05, 3.63) is 41.2 Å². The van der Waals surface area contributed by atoms with Gasteiger partial charge in [-0.15, -0.1) is 0 Å². The molecule has 0 unspecified atom stereocenters. The predicted molar refractivity (Wildman–Crippen MR) is 87.7 cm³/mol. The average molecular weight is 336 g/mol. The summed E-state index contributed by atoms with van der Waals surface area (Å²) in [6, 6.07) is 7.31. The highest BCUT2D eigenvalue weighted by Gasteiger charge is 2.28. The first-order valence-electron chi connectivity index (χ1n) is 7.06. The number of sulfonamides is 1. The summed E-state index contributed by atoms with van der Waals surface area (Å²) < 4.78 is 26.1. The zero-order valence-corrected chi connectivity index (χ0v) is 14.4. The average Bonchev–Trinajstić information content (AvgIpc) is 2.78. The fourth-order valence-electron chi connectivity index (χ4n) is 2.29. The minimum absolute atomic E-state index is 0.114. The fourth-order valence-corrected chi connectivity index (χ4v) is 3.74. The van der Waals surface area contributed by atoms with Crippen molar-refractivity contribution in [3.63, 3.8) is 0 Å². The summed E-state index contributed by atoms with van der Waals surface area (Å²) in [6.07, 6.45) is 0. The minimum atomic E-state index is -3.77. The summed E-state index contributed by atoms with van der Waals surface area (Å²) in [5, 5.41) is 9.22. The number of likely N-dealkylation sites (N-methyl/N-ethyl adjacent to an activating group) is 1. The van der Waals surface area contributed by atoms with Crippen molar-refractivity contribution in [3.8, 4) is 0 Å². The van der Waals surface area contributed by atoms with Crippen LogP contribution >= 0.6 is 0 Å². The lowest BCUT2D eigenvalue weighted by atomic mass is 10.2. The Morgan fingerprint density at radius 1 is 1.30 bits per heavy atom. The third-order valence-corrected chi connectivity index (χ3v) is 5.46. The van der Waals surface area contributed by atoms with Gasteiger partial charge in [-0.2, -0.15) is 9.40 Å². The summed E-state index contributed by atoms with van der Waals surface area (Å²) in [6.45, 7) is 4.88. The minimum Gasteiger partial charge on any atom is -0.325 e. The van der Waals surface area contributed by atoms with E-state index in [1.165, 1.54) is 7.05 Å². The molecule has 0 aliphatic carbocycles. The highest BCUT2D eigenvalue weighted by Crippen LogP contribution is 2.20. The van der Waals surface area contributed by atoms with Gasteiger partial charge in [-0.3, -0.25) is 9.89 Å². The molecule has 7 nitrogen and oxygen atoms in total. The number of rotatable bonds is 5. The van der Waals surface area contributed by atoms with E-state index in [-0.39, 0.29) is 11.4 Å². The van der Waals surface area contributed by atoms with Gasteiger partial charge in [-0.25, -0.2) is 8.42 Å². The lowest BCUT2D eigenvalue weighted by Crippen LogP contribution is -2.35. The van der Waals surface area contributed by atoms with E-state index in [1.54, 1.807) is 19.9 Å². The number of hydrogen-bond donors (Lipinski definition) is 2. The topological polar surface area (TPSA) is 95.2 Å². The van der Waals surface area contributed by atoms with Crippen molar-refractivity contribution < 1.29 is 13.2 Å². The number of aryl methyl sites for hydroxylation is 3. The summed E-state index contributed by atoms with van der Waals surface area (Å²) in [7, 11) is -2.40. The molecular formula is C15H20N4O3S. The van der Waals surface area contributed by atoms with Crippen LogP contribution < -0.4 is 5.32 Å². The number of carbonyl (C=O) groups is 1. The summed E-state index contributed by atoms with van der Waals surface area (Å²) in [5.74, 6) is -0.402. The third kappa shape index (κ3) is 3.77. The number of hydrogen-bond acceptors (Lipinski definition) is 4. The zero-order valence-electron chi connectivity index (χ0n) is 13.5. The monoisotopic (exact) mass is 336 g/mol. The highest BCUT2D eigenvalue weighted by molar-refractivity contribution is 7.89. The molecule has 1 aromatic heterocycles. The molecule has 0 spiro atoms. The van der Waals surface area contributed by atoms with E-state index in [2.05, 4.69) is 15.5 Å². The van der Waals surface area contributed by atoms with Gasteiger partial charge in [-0.05, 0) is 38.5 Å². The van der Waals surface area contributed by atoms with Crippen molar-refractivity contribution in [1.29, 1.82) is 0 Å². The van der Waals surface area contributed by atoms with E-state index >= 15 is 0 Å². The summed E-state index contributed by atoms with van der Waals surface area (Å²) in [4.78, 5) is 12.2. The van der Waals surface area contributed by atoms with Crippen molar-refractivity contribution in [2.75, 3.05) is 18.9 Å². The lowest BCUT2D eigenvalue weighted by molar-refractivity contribution is -0.116. The maximum Gasteiger partial charge on any atom is 0.246 e. The van der Waals surface area contributed by atoms with Gasteiger partial charge in [0.15, 0.2) is 0 Å². The van der Waals surface area contributed by atoms with Gasteiger partial charge in [-0.1, -0.05) is 12.1 Å². The third-order valence-electron chi connectivity index (χ3n) is 3.40. The fraction of sp³-hybridized carbons (Fsp3) is 0.333. The predicted octanol–water partition coefficient (Wildman–Crippen LogP) is 1.59. The number of anilines is 1. The van der Waals surface area contributed by atoms with Gasteiger partial charge >= 0.3 is 0 Å². The molecule has 0 aliphatic rings. The summed E-state index contributed by atoms with van der Waals surface area (Å²) in [5.41, 5.74) is 2.48. The molecule has 1 heterocycles. The summed E-state index contributed by atoms with van der Waals surface area (Å²) >= 11 is 0. The number of aromatic amines is 1. The largest absolute Gasteiger partial charge is 0.325 e. The second kappa shape index (κ2) is 6.51. The SMILES string of the molecule is Cc1cccc(NC(=O)CN(C)S(=O)(=O)c2c(C)n[nH]c2C)c1. The molecule has 1 aromatic carbocycles. The van der Waals surface area contributed by atoms with Gasteiger partial charge in [0, 0.05) is 12.7 Å². The molecule has 2 rings (SSSR count). The van der Waals surface area contributed by atoms with Crippen LogP contribution in [0.1, 0.15) is 17.0 Å². The Balaban J connectivity index is 2.12. The molecule has 2 N–H and O–H groups in total. The first-order chi connectivity index (χ1) is 10.7. The normalized spacial score (nSPS) is 11.7. The Morgan fingerprint density at radius 3 is 2.57 bits per heavy atom. The van der Waals surface area contributed by atoms with E-state index < -0.39 is 15.9 Å². The van der Waals surface area contributed by atoms with Crippen LogP contribution in [0, 0.1) is 20.8 Å². The number of nitrogens with one attached hydrogen (secondary N) is 2. The van der Waals surface area contributed by atoms with Gasteiger partial charge in [0.05, 0.1) is 17.9 Å². The Bertz CT molecular complexity index is 807. The molecule has 124 valence electrons. The molecule has 0 saturated heterocycles. The second-order valence-corrected chi connectivity index (χ2v) is 7.42. The smallest absolute Gasteiger partial charge is 0.246 e. The van der Waals surface area contributed by atoms with Crippen molar-refractivity contribution in [2.24, 2.45) is 0 Å². The standard InChI is InChI=1S/C15H20N4O3S/c1-10-6-5-7-13(8-10)16-14(20)9-19(4)23(21,22)15-11(2)17-18-12(15)3/h5-8H,9H2,1-4H3,(H,16,20)(H,17,18). The molecule has 2 aromatic rings. The number of benzene rings is 1. The second-order valence-electron chi connectivity index (χ2n) is 5.44. The number of amides is 1. The molecule has 23 heavy (non-hydrogen) atoms. The molecular weight excluding hydrogens is 316 g/mol. The van der Waals surface area contributed by atoms with Crippen LogP contribution in [0.4, 0.5) is 5.69 Å². The van der Waals surface area contributed by atoms with Crippen LogP contribution in [0.25, 0.3) is 0 Å². The quantitative estimate of drug-likeness (QED) is 0.867. The maximum atomic E-state index is 12.6. The first-order valence-corrected chi connectivity index (χ1v) is 8.50. The van der Waals surface area contributed by atoms with Crippen LogP contribution in [-0.2, 0) is 14.8 Å².